The number of aryl methyl sites for hydroxylation is 1. The Labute approximate surface area is 161 Å². The molecule has 0 radical (unpaired) electrons. The van der Waals surface area contributed by atoms with Crippen molar-refractivity contribution < 1.29 is 31.9 Å². The number of halogens is 1. The summed E-state index contributed by atoms with van der Waals surface area (Å²) in [7, 11) is -1.36. The van der Waals surface area contributed by atoms with E-state index in [1.165, 1.54) is 38.4 Å². The van der Waals surface area contributed by atoms with Crippen molar-refractivity contribution in [2.75, 3.05) is 26.1 Å². The van der Waals surface area contributed by atoms with E-state index in [1.54, 1.807) is 6.92 Å². The molecule has 150 valence electrons. The van der Waals surface area contributed by atoms with Gasteiger partial charge in [-0.25, -0.2) is 22.3 Å². The Kier molecular flexibility index (Phi) is 6.71. The molecule has 0 fully saturated rings. The Bertz CT molecular complexity index is 1010. The maximum atomic E-state index is 13.5. The summed E-state index contributed by atoms with van der Waals surface area (Å²) in [6.07, 6.45) is 0. The number of rotatable bonds is 7. The molecule has 0 spiro atoms. The SMILES string of the molecule is CNS(=O)(=O)c1cc(C(=O)OCC(=O)Nc2ccc(C)c(F)c2)ccc1OC. The lowest BCUT2D eigenvalue weighted by Crippen LogP contribution is -2.22. The van der Waals surface area contributed by atoms with Crippen LogP contribution in [-0.4, -0.2) is 41.1 Å². The van der Waals surface area contributed by atoms with Gasteiger partial charge in [0.25, 0.3) is 5.91 Å². The molecular weight excluding hydrogens is 391 g/mol. The molecule has 2 aromatic carbocycles. The van der Waals surface area contributed by atoms with Crippen LogP contribution in [0.4, 0.5) is 10.1 Å². The zero-order chi connectivity index (χ0) is 20.9. The van der Waals surface area contributed by atoms with Gasteiger partial charge in [0.1, 0.15) is 16.5 Å². The van der Waals surface area contributed by atoms with Gasteiger partial charge in [0, 0.05) is 5.69 Å². The topological polar surface area (TPSA) is 111 Å². The highest BCUT2D eigenvalue weighted by Gasteiger charge is 2.21. The fraction of sp³-hybridized carbons (Fsp3) is 0.222. The molecule has 2 aromatic rings. The Morgan fingerprint density at radius 3 is 2.46 bits per heavy atom. The Morgan fingerprint density at radius 1 is 1.14 bits per heavy atom. The summed E-state index contributed by atoms with van der Waals surface area (Å²) < 4.78 is 49.6. The Morgan fingerprint density at radius 2 is 1.86 bits per heavy atom. The maximum absolute atomic E-state index is 13.5. The first-order valence-corrected chi connectivity index (χ1v) is 9.51. The van der Waals surface area contributed by atoms with Crippen molar-refractivity contribution in [2.24, 2.45) is 0 Å². The van der Waals surface area contributed by atoms with Crippen LogP contribution in [0.25, 0.3) is 0 Å². The predicted molar refractivity (Wildman–Crippen MR) is 99.3 cm³/mol. The zero-order valence-corrected chi connectivity index (χ0v) is 16.2. The summed E-state index contributed by atoms with van der Waals surface area (Å²) in [4.78, 5) is 23.8. The fourth-order valence-electron chi connectivity index (χ4n) is 2.21. The number of sulfonamides is 1. The van der Waals surface area contributed by atoms with Crippen molar-refractivity contribution in [3.63, 3.8) is 0 Å². The van der Waals surface area contributed by atoms with Crippen LogP contribution in [0.3, 0.4) is 0 Å². The summed E-state index contributed by atoms with van der Waals surface area (Å²) >= 11 is 0. The normalized spacial score (nSPS) is 11.0. The maximum Gasteiger partial charge on any atom is 0.338 e. The summed E-state index contributed by atoms with van der Waals surface area (Å²) in [5.74, 6) is -2.01. The highest BCUT2D eigenvalue weighted by atomic mass is 32.2. The number of hydrogen-bond acceptors (Lipinski definition) is 6. The van der Waals surface area contributed by atoms with Gasteiger partial charge in [-0.05, 0) is 49.9 Å². The smallest absolute Gasteiger partial charge is 0.338 e. The van der Waals surface area contributed by atoms with Crippen LogP contribution >= 0.6 is 0 Å². The highest BCUT2D eigenvalue weighted by Crippen LogP contribution is 2.25. The van der Waals surface area contributed by atoms with Crippen LogP contribution in [0.5, 0.6) is 5.75 Å². The summed E-state index contributed by atoms with van der Waals surface area (Å²) in [5.41, 5.74) is 0.566. The summed E-state index contributed by atoms with van der Waals surface area (Å²) in [6.45, 7) is 0.953. The molecule has 8 nitrogen and oxygen atoms in total. The van der Waals surface area contributed by atoms with E-state index in [9.17, 15) is 22.4 Å². The van der Waals surface area contributed by atoms with E-state index in [0.717, 1.165) is 12.1 Å². The van der Waals surface area contributed by atoms with E-state index in [1.807, 2.05) is 0 Å². The van der Waals surface area contributed by atoms with Crippen LogP contribution in [0, 0.1) is 12.7 Å². The number of nitrogens with one attached hydrogen (secondary N) is 2. The van der Waals surface area contributed by atoms with Crippen LogP contribution < -0.4 is 14.8 Å². The fourth-order valence-corrected chi connectivity index (χ4v) is 3.12. The minimum Gasteiger partial charge on any atom is -0.495 e. The summed E-state index contributed by atoms with van der Waals surface area (Å²) in [5, 5.41) is 2.40. The average Bonchev–Trinajstić information content (AvgIpc) is 2.68. The lowest BCUT2D eigenvalue weighted by atomic mass is 10.2. The van der Waals surface area contributed by atoms with Gasteiger partial charge < -0.3 is 14.8 Å². The Hall–Kier alpha value is -2.98. The average molecular weight is 410 g/mol. The van der Waals surface area contributed by atoms with Gasteiger partial charge in [-0.3, -0.25) is 4.79 Å². The molecule has 0 unspecified atom stereocenters. The van der Waals surface area contributed by atoms with Crippen molar-refractivity contribution in [2.45, 2.75) is 11.8 Å². The van der Waals surface area contributed by atoms with Crippen LogP contribution in [-0.2, 0) is 19.6 Å². The zero-order valence-electron chi connectivity index (χ0n) is 15.4. The number of hydrogen-bond donors (Lipinski definition) is 2. The van der Waals surface area contributed by atoms with E-state index in [-0.39, 0.29) is 21.9 Å². The molecule has 0 aliphatic carbocycles. The lowest BCUT2D eigenvalue weighted by molar-refractivity contribution is -0.119. The molecule has 0 aromatic heterocycles. The van der Waals surface area contributed by atoms with Gasteiger partial charge in [-0.15, -0.1) is 0 Å². The number of carbonyl (C=O) groups is 2. The van der Waals surface area contributed by atoms with E-state index >= 15 is 0 Å². The number of benzene rings is 2. The van der Waals surface area contributed by atoms with Crippen molar-refractivity contribution >= 4 is 27.6 Å². The summed E-state index contributed by atoms with van der Waals surface area (Å²) in [6, 6.07) is 7.85. The Balaban J connectivity index is 2.07. The molecule has 2 rings (SSSR count). The highest BCUT2D eigenvalue weighted by molar-refractivity contribution is 7.89. The van der Waals surface area contributed by atoms with E-state index < -0.39 is 34.3 Å². The first-order chi connectivity index (χ1) is 13.2. The van der Waals surface area contributed by atoms with Crippen LogP contribution in [0.1, 0.15) is 15.9 Å². The van der Waals surface area contributed by atoms with Gasteiger partial charge in [0.15, 0.2) is 6.61 Å². The first kappa shape index (κ1) is 21.3. The van der Waals surface area contributed by atoms with E-state index in [4.69, 9.17) is 9.47 Å². The van der Waals surface area contributed by atoms with Gasteiger partial charge in [-0.2, -0.15) is 0 Å². The van der Waals surface area contributed by atoms with Crippen LogP contribution in [0.2, 0.25) is 0 Å². The van der Waals surface area contributed by atoms with Gasteiger partial charge in [0.2, 0.25) is 10.0 Å². The molecule has 0 aliphatic rings. The minimum absolute atomic E-state index is 0.0463. The molecule has 1 amide bonds. The molecule has 0 aliphatic heterocycles. The second-order valence-corrected chi connectivity index (χ2v) is 7.52. The number of amides is 1. The lowest BCUT2D eigenvalue weighted by Gasteiger charge is -2.11. The molecule has 2 N–H and O–H groups in total. The molecule has 0 heterocycles. The monoisotopic (exact) mass is 410 g/mol. The molecule has 0 bridgehead atoms. The minimum atomic E-state index is -3.87. The van der Waals surface area contributed by atoms with Crippen molar-refractivity contribution in [3.05, 3.63) is 53.3 Å². The third-order valence-electron chi connectivity index (χ3n) is 3.75. The number of esters is 1. The second-order valence-electron chi connectivity index (χ2n) is 5.66. The predicted octanol–water partition coefficient (Wildman–Crippen LogP) is 1.85. The van der Waals surface area contributed by atoms with Crippen molar-refractivity contribution in [1.29, 1.82) is 0 Å². The van der Waals surface area contributed by atoms with Gasteiger partial charge >= 0.3 is 5.97 Å². The molecular formula is C18H19FN2O6S. The van der Waals surface area contributed by atoms with Gasteiger partial charge in [0.05, 0.1) is 12.7 Å². The van der Waals surface area contributed by atoms with E-state index in [0.29, 0.717) is 5.56 Å². The molecule has 0 saturated carbocycles. The standard InChI is InChI=1S/C18H19FN2O6S/c1-11-4-6-13(9-14(11)19)21-17(22)10-27-18(23)12-5-7-15(26-3)16(8-12)28(24,25)20-2/h4-9,20H,10H2,1-3H3,(H,21,22). The molecule has 28 heavy (non-hydrogen) atoms. The third kappa shape index (κ3) is 5.05. The second kappa shape index (κ2) is 8.81. The third-order valence-corrected chi connectivity index (χ3v) is 5.18. The van der Waals surface area contributed by atoms with E-state index in [2.05, 4.69) is 10.0 Å². The first-order valence-electron chi connectivity index (χ1n) is 8.02. The van der Waals surface area contributed by atoms with Crippen LogP contribution in [0.15, 0.2) is 41.3 Å². The quantitative estimate of drug-likeness (QED) is 0.674. The van der Waals surface area contributed by atoms with Crippen molar-refractivity contribution in [3.8, 4) is 5.75 Å². The molecule has 10 heteroatoms. The molecule has 0 saturated heterocycles. The number of ether oxygens (including phenoxy) is 2. The van der Waals surface area contributed by atoms with Crippen molar-refractivity contribution in [1.82, 2.24) is 4.72 Å². The number of methoxy groups -OCH3 is 1. The largest absolute Gasteiger partial charge is 0.495 e. The molecule has 0 atom stereocenters. The number of carbonyl (C=O) groups excluding carboxylic acids is 2. The number of anilines is 1. The van der Waals surface area contributed by atoms with Gasteiger partial charge in [-0.1, -0.05) is 6.07 Å².